The SMILES string of the molecule is Cc1ccc(NC(=O)[C@@H]2CC[C@H](CN)O2)c(OCC(F)(F)F)c1. The van der Waals surface area contributed by atoms with Crippen LogP contribution in [-0.4, -0.2) is 37.4 Å². The number of carbonyl (C=O) groups excluding carboxylic acids is 1. The highest BCUT2D eigenvalue weighted by Crippen LogP contribution is 2.29. The van der Waals surface area contributed by atoms with Gasteiger partial charge in [0.2, 0.25) is 0 Å². The molecule has 23 heavy (non-hydrogen) atoms. The summed E-state index contributed by atoms with van der Waals surface area (Å²) in [5, 5.41) is 2.56. The normalized spacial score (nSPS) is 21.3. The number of hydrogen-bond acceptors (Lipinski definition) is 4. The Kier molecular flexibility index (Phi) is 5.48. The second-order valence-electron chi connectivity index (χ2n) is 5.45. The van der Waals surface area contributed by atoms with Crippen LogP contribution in [0.5, 0.6) is 5.75 Å². The molecule has 1 aliphatic rings. The number of amides is 1. The third-order valence-electron chi connectivity index (χ3n) is 3.45. The van der Waals surface area contributed by atoms with Crippen molar-refractivity contribution in [1.82, 2.24) is 0 Å². The molecule has 0 aromatic heterocycles. The Labute approximate surface area is 131 Å². The van der Waals surface area contributed by atoms with E-state index in [1.807, 2.05) is 0 Å². The molecule has 0 unspecified atom stereocenters. The molecule has 0 radical (unpaired) electrons. The van der Waals surface area contributed by atoms with Crippen LogP contribution in [0, 0.1) is 6.92 Å². The lowest BCUT2D eigenvalue weighted by atomic mass is 10.1. The third kappa shape index (κ3) is 5.11. The van der Waals surface area contributed by atoms with Crippen molar-refractivity contribution in [2.75, 3.05) is 18.5 Å². The average molecular weight is 332 g/mol. The number of halogens is 3. The molecule has 128 valence electrons. The van der Waals surface area contributed by atoms with Gasteiger partial charge in [-0.15, -0.1) is 0 Å². The zero-order chi connectivity index (χ0) is 17.0. The van der Waals surface area contributed by atoms with Crippen molar-refractivity contribution in [3.8, 4) is 5.75 Å². The van der Waals surface area contributed by atoms with Gasteiger partial charge in [0.25, 0.3) is 5.91 Å². The Morgan fingerprint density at radius 2 is 2.17 bits per heavy atom. The summed E-state index contributed by atoms with van der Waals surface area (Å²) in [6.07, 6.45) is -4.06. The second kappa shape index (κ2) is 7.18. The van der Waals surface area contributed by atoms with E-state index >= 15 is 0 Å². The van der Waals surface area contributed by atoms with Crippen LogP contribution >= 0.6 is 0 Å². The van der Waals surface area contributed by atoms with Gasteiger partial charge in [0.05, 0.1) is 11.8 Å². The highest BCUT2D eigenvalue weighted by atomic mass is 19.4. The Balaban J connectivity index is 2.05. The first-order chi connectivity index (χ1) is 10.8. The summed E-state index contributed by atoms with van der Waals surface area (Å²) in [5.74, 6) is -0.439. The smallest absolute Gasteiger partial charge is 0.422 e. The molecule has 2 atom stereocenters. The molecule has 8 heteroatoms. The van der Waals surface area contributed by atoms with Crippen LogP contribution in [0.2, 0.25) is 0 Å². The van der Waals surface area contributed by atoms with Gasteiger partial charge < -0.3 is 20.5 Å². The number of aryl methyl sites for hydroxylation is 1. The number of anilines is 1. The summed E-state index contributed by atoms with van der Waals surface area (Å²) < 4.78 is 47.2. The van der Waals surface area contributed by atoms with E-state index in [2.05, 4.69) is 5.32 Å². The number of benzene rings is 1. The number of nitrogens with two attached hydrogens (primary N) is 1. The van der Waals surface area contributed by atoms with E-state index in [-0.39, 0.29) is 17.5 Å². The molecule has 1 aromatic rings. The summed E-state index contributed by atoms with van der Waals surface area (Å²) in [6, 6.07) is 4.63. The van der Waals surface area contributed by atoms with Gasteiger partial charge in [-0.25, -0.2) is 0 Å². The minimum atomic E-state index is -4.45. The molecule has 0 saturated carbocycles. The number of nitrogens with one attached hydrogen (secondary N) is 1. The summed E-state index contributed by atoms with van der Waals surface area (Å²) >= 11 is 0. The largest absolute Gasteiger partial charge is 0.482 e. The van der Waals surface area contributed by atoms with Crippen molar-refractivity contribution in [2.24, 2.45) is 5.73 Å². The molecule has 0 bridgehead atoms. The predicted octanol–water partition coefficient (Wildman–Crippen LogP) is 2.38. The predicted molar refractivity (Wildman–Crippen MR) is 78.3 cm³/mol. The fraction of sp³-hybridized carbons (Fsp3) is 0.533. The number of hydrogen-bond donors (Lipinski definition) is 2. The van der Waals surface area contributed by atoms with Crippen LogP contribution in [0.3, 0.4) is 0 Å². The lowest BCUT2D eigenvalue weighted by molar-refractivity contribution is -0.153. The van der Waals surface area contributed by atoms with Crippen molar-refractivity contribution in [3.63, 3.8) is 0 Å². The van der Waals surface area contributed by atoms with Gasteiger partial charge in [-0.1, -0.05) is 6.07 Å². The van der Waals surface area contributed by atoms with Gasteiger partial charge in [-0.2, -0.15) is 13.2 Å². The van der Waals surface area contributed by atoms with Crippen molar-refractivity contribution in [3.05, 3.63) is 23.8 Å². The van der Waals surface area contributed by atoms with Crippen LogP contribution in [-0.2, 0) is 9.53 Å². The molecule has 1 saturated heterocycles. The van der Waals surface area contributed by atoms with Gasteiger partial charge in [-0.05, 0) is 37.5 Å². The Hall–Kier alpha value is -1.80. The topological polar surface area (TPSA) is 73.6 Å². The molecule has 2 rings (SSSR count). The van der Waals surface area contributed by atoms with E-state index in [1.54, 1.807) is 13.0 Å². The number of carbonyl (C=O) groups is 1. The van der Waals surface area contributed by atoms with Crippen LogP contribution in [0.15, 0.2) is 18.2 Å². The fourth-order valence-corrected chi connectivity index (χ4v) is 2.30. The van der Waals surface area contributed by atoms with Gasteiger partial charge in [0.15, 0.2) is 6.61 Å². The maximum absolute atomic E-state index is 12.3. The third-order valence-corrected chi connectivity index (χ3v) is 3.45. The van der Waals surface area contributed by atoms with Crippen LogP contribution in [0.25, 0.3) is 0 Å². The van der Waals surface area contributed by atoms with Crippen LogP contribution in [0.1, 0.15) is 18.4 Å². The minimum Gasteiger partial charge on any atom is -0.482 e. The summed E-state index contributed by atoms with van der Waals surface area (Å²) in [5.41, 5.74) is 6.39. The molecule has 5 nitrogen and oxygen atoms in total. The molecular formula is C15H19F3N2O3. The quantitative estimate of drug-likeness (QED) is 0.868. The first kappa shape index (κ1) is 17.6. The van der Waals surface area contributed by atoms with Crippen molar-refractivity contribution in [2.45, 2.75) is 38.1 Å². The molecule has 1 fully saturated rings. The van der Waals surface area contributed by atoms with Gasteiger partial charge in [0, 0.05) is 6.54 Å². The summed E-state index contributed by atoms with van der Waals surface area (Å²) in [6.45, 7) is 0.626. The Bertz CT molecular complexity index is 563. The van der Waals surface area contributed by atoms with Crippen molar-refractivity contribution >= 4 is 11.6 Å². The lowest BCUT2D eigenvalue weighted by Crippen LogP contribution is -2.30. The van der Waals surface area contributed by atoms with Crippen LogP contribution in [0.4, 0.5) is 18.9 Å². The fourth-order valence-electron chi connectivity index (χ4n) is 2.30. The van der Waals surface area contributed by atoms with E-state index < -0.39 is 24.8 Å². The number of alkyl halides is 3. The first-order valence-electron chi connectivity index (χ1n) is 7.25. The van der Waals surface area contributed by atoms with E-state index in [1.165, 1.54) is 12.1 Å². The standard InChI is InChI=1S/C15H19F3N2O3/c1-9-2-4-11(13(6-9)22-8-15(16,17)18)20-14(21)12-5-3-10(7-19)23-12/h2,4,6,10,12H,3,5,7-8,19H2,1H3,(H,20,21)/t10-,12+/m1/s1. The molecular weight excluding hydrogens is 313 g/mol. The number of ether oxygens (including phenoxy) is 2. The zero-order valence-corrected chi connectivity index (χ0v) is 12.7. The molecule has 1 amide bonds. The minimum absolute atomic E-state index is 0.0240. The van der Waals surface area contributed by atoms with E-state index in [9.17, 15) is 18.0 Å². The molecule has 1 heterocycles. The van der Waals surface area contributed by atoms with Crippen LogP contribution < -0.4 is 15.8 Å². The van der Waals surface area contributed by atoms with E-state index in [0.29, 0.717) is 19.4 Å². The summed E-state index contributed by atoms with van der Waals surface area (Å²) in [4.78, 5) is 12.2. The Morgan fingerprint density at radius 1 is 1.43 bits per heavy atom. The molecule has 0 aliphatic carbocycles. The van der Waals surface area contributed by atoms with Gasteiger partial charge in [0.1, 0.15) is 11.9 Å². The molecule has 0 spiro atoms. The molecule has 1 aliphatic heterocycles. The maximum atomic E-state index is 12.3. The maximum Gasteiger partial charge on any atom is 0.422 e. The summed E-state index contributed by atoms with van der Waals surface area (Å²) in [7, 11) is 0. The zero-order valence-electron chi connectivity index (χ0n) is 12.7. The highest BCUT2D eigenvalue weighted by molar-refractivity contribution is 5.95. The Morgan fingerprint density at radius 3 is 2.78 bits per heavy atom. The van der Waals surface area contributed by atoms with Crippen molar-refractivity contribution in [1.29, 1.82) is 0 Å². The lowest BCUT2D eigenvalue weighted by Gasteiger charge is -2.17. The highest BCUT2D eigenvalue weighted by Gasteiger charge is 2.31. The van der Waals surface area contributed by atoms with Crippen molar-refractivity contribution < 1.29 is 27.4 Å². The van der Waals surface area contributed by atoms with E-state index in [0.717, 1.165) is 5.56 Å². The van der Waals surface area contributed by atoms with Gasteiger partial charge in [-0.3, -0.25) is 4.79 Å². The number of rotatable bonds is 5. The average Bonchev–Trinajstić information content (AvgIpc) is 2.95. The second-order valence-corrected chi connectivity index (χ2v) is 5.45. The monoisotopic (exact) mass is 332 g/mol. The molecule has 1 aromatic carbocycles. The van der Waals surface area contributed by atoms with Gasteiger partial charge >= 0.3 is 6.18 Å². The first-order valence-corrected chi connectivity index (χ1v) is 7.25. The molecule has 3 N–H and O–H groups in total. The van der Waals surface area contributed by atoms with E-state index in [4.69, 9.17) is 15.2 Å².